The molecule has 0 saturated carbocycles. The van der Waals surface area contributed by atoms with Crippen LogP contribution in [0.1, 0.15) is 39.5 Å². The second-order valence-electron chi connectivity index (χ2n) is 7.38. The average molecular weight is 384 g/mol. The fourth-order valence-electron chi connectivity index (χ4n) is 3.87. The molecule has 0 bridgehead atoms. The van der Waals surface area contributed by atoms with Crippen molar-refractivity contribution in [2.75, 3.05) is 0 Å². The number of carbonyl (C=O) groups is 2. The Balaban J connectivity index is 1.51. The highest BCUT2D eigenvalue weighted by Gasteiger charge is 2.28. The number of amides is 2. The number of hydrogen-bond donors (Lipinski definition) is 2. The van der Waals surface area contributed by atoms with E-state index in [1.807, 2.05) is 60.7 Å². The second kappa shape index (κ2) is 8.74. The number of aryl methyl sites for hydroxylation is 1. The van der Waals surface area contributed by atoms with Crippen LogP contribution in [0.25, 0.3) is 0 Å². The first-order valence-electron chi connectivity index (χ1n) is 9.99. The maximum Gasteiger partial charge on any atom is 0.251 e. The molecular formula is C25H24N2O2. The first kappa shape index (κ1) is 18.9. The zero-order chi connectivity index (χ0) is 20.1. The molecule has 0 unspecified atom stereocenters. The Morgan fingerprint density at radius 2 is 1.52 bits per heavy atom. The minimum Gasteiger partial charge on any atom is -0.347 e. The zero-order valence-electron chi connectivity index (χ0n) is 16.2. The third-order valence-corrected chi connectivity index (χ3v) is 5.39. The van der Waals surface area contributed by atoms with E-state index in [4.69, 9.17) is 0 Å². The monoisotopic (exact) mass is 384 g/mol. The summed E-state index contributed by atoms with van der Waals surface area (Å²) < 4.78 is 0. The van der Waals surface area contributed by atoms with Gasteiger partial charge in [0.05, 0.1) is 6.04 Å². The summed E-state index contributed by atoms with van der Waals surface area (Å²) >= 11 is 0. The molecule has 0 spiro atoms. The van der Waals surface area contributed by atoms with Gasteiger partial charge in [0.25, 0.3) is 5.91 Å². The molecular weight excluding hydrogens is 360 g/mol. The molecule has 2 amide bonds. The molecule has 146 valence electrons. The van der Waals surface area contributed by atoms with Gasteiger partial charge < -0.3 is 10.6 Å². The first-order valence-corrected chi connectivity index (χ1v) is 9.99. The van der Waals surface area contributed by atoms with Gasteiger partial charge in [-0.05, 0) is 41.7 Å². The lowest BCUT2D eigenvalue weighted by molar-refractivity contribution is -0.123. The highest BCUT2D eigenvalue weighted by molar-refractivity contribution is 5.97. The molecule has 0 saturated heterocycles. The van der Waals surface area contributed by atoms with Crippen molar-refractivity contribution >= 4 is 11.8 Å². The predicted octanol–water partition coefficient (Wildman–Crippen LogP) is 3.83. The summed E-state index contributed by atoms with van der Waals surface area (Å²) in [4.78, 5) is 25.8. The Hall–Kier alpha value is -3.40. The van der Waals surface area contributed by atoms with E-state index in [1.165, 1.54) is 11.1 Å². The third kappa shape index (κ3) is 4.54. The van der Waals surface area contributed by atoms with Crippen LogP contribution in [0.3, 0.4) is 0 Å². The summed E-state index contributed by atoms with van der Waals surface area (Å²) in [5, 5.41) is 6.09. The van der Waals surface area contributed by atoms with Crippen LogP contribution in [-0.4, -0.2) is 17.9 Å². The molecule has 1 aliphatic carbocycles. The van der Waals surface area contributed by atoms with Crippen molar-refractivity contribution in [2.24, 2.45) is 0 Å². The Kier molecular flexibility index (Phi) is 5.71. The minimum atomic E-state index is -0.641. The van der Waals surface area contributed by atoms with Crippen molar-refractivity contribution in [3.05, 3.63) is 107 Å². The number of rotatable bonds is 6. The van der Waals surface area contributed by atoms with E-state index in [0.717, 1.165) is 18.4 Å². The van der Waals surface area contributed by atoms with Gasteiger partial charge >= 0.3 is 0 Å². The lowest BCUT2D eigenvalue weighted by Gasteiger charge is -2.22. The summed E-state index contributed by atoms with van der Waals surface area (Å²) in [6.45, 7) is 0. The molecule has 4 heteroatoms. The summed E-state index contributed by atoms with van der Waals surface area (Å²) in [7, 11) is 0. The van der Waals surface area contributed by atoms with Crippen molar-refractivity contribution in [3.63, 3.8) is 0 Å². The molecule has 0 heterocycles. The SMILES string of the molecule is O=C(N[C@@H](Cc1ccccc1)C(=O)N[C@@H]1CCc2ccccc21)c1ccccc1. The smallest absolute Gasteiger partial charge is 0.251 e. The Morgan fingerprint density at radius 3 is 2.28 bits per heavy atom. The van der Waals surface area contributed by atoms with Crippen LogP contribution in [0.15, 0.2) is 84.9 Å². The fourth-order valence-corrected chi connectivity index (χ4v) is 3.87. The van der Waals surface area contributed by atoms with E-state index < -0.39 is 6.04 Å². The quantitative estimate of drug-likeness (QED) is 0.679. The van der Waals surface area contributed by atoms with Crippen molar-refractivity contribution in [2.45, 2.75) is 31.3 Å². The van der Waals surface area contributed by atoms with Gasteiger partial charge in [0.2, 0.25) is 5.91 Å². The van der Waals surface area contributed by atoms with Gasteiger partial charge in [-0.3, -0.25) is 9.59 Å². The molecule has 3 aromatic rings. The summed E-state index contributed by atoms with van der Waals surface area (Å²) in [5.41, 5.74) is 4.01. The molecule has 2 N–H and O–H groups in total. The molecule has 0 radical (unpaired) electrons. The molecule has 1 aliphatic rings. The van der Waals surface area contributed by atoms with E-state index in [0.29, 0.717) is 12.0 Å². The van der Waals surface area contributed by atoms with Crippen LogP contribution >= 0.6 is 0 Å². The van der Waals surface area contributed by atoms with E-state index in [-0.39, 0.29) is 17.9 Å². The van der Waals surface area contributed by atoms with Crippen LogP contribution in [0.4, 0.5) is 0 Å². The Bertz CT molecular complexity index is 986. The number of fused-ring (bicyclic) bond motifs is 1. The lowest BCUT2D eigenvalue weighted by Crippen LogP contribution is -2.48. The van der Waals surface area contributed by atoms with Gasteiger partial charge in [-0.2, -0.15) is 0 Å². The molecule has 0 aliphatic heterocycles. The fraction of sp³-hybridized carbons (Fsp3) is 0.200. The van der Waals surface area contributed by atoms with Crippen LogP contribution < -0.4 is 10.6 Å². The molecule has 0 aromatic heterocycles. The maximum atomic E-state index is 13.2. The van der Waals surface area contributed by atoms with E-state index in [1.54, 1.807) is 12.1 Å². The third-order valence-electron chi connectivity index (χ3n) is 5.39. The summed E-state index contributed by atoms with van der Waals surface area (Å²) in [5.74, 6) is -0.395. The van der Waals surface area contributed by atoms with Crippen LogP contribution in [-0.2, 0) is 17.6 Å². The summed E-state index contributed by atoms with van der Waals surface area (Å²) in [6.07, 6.45) is 2.29. The van der Waals surface area contributed by atoms with Gasteiger partial charge in [-0.1, -0.05) is 72.8 Å². The number of carbonyl (C=O) groups excluding carboxylic acids is 2. The molecule has 2 atom stereocenters. The maximum absolute atomic E-state index is 13.2. The largest absolute Gasteiger partial charge is 0.347 e. The van der Waals surface area contributed by atoms with Gasteiger partial charge in [0.15, 0.2) is 0 Å². The van der Waals surface area contributed by atoms with E-state index in [2.05, 4.69) is 22.8 Å². The lowest BCUT2D eigenvalue weighted by atomic mass is 10.0. The van der Waals surface area contributed by atoms with E-state index in [9.17, 15) is 9.59 Å². The Morgan fingerprint density at radius 1 is 0.862 bits per heavy atom. The predicted molar refractivity (Wildman–Crippen MR) is 113 cm³/mol. The highest BCUT2D eigenvalue weighted by atomic mass is 16.2. The van der Waals surface area contributed by atoms with Crippen LogP contribution in [0.5, 0.6) is 0 Å². The average Bonchev–Trinajstić information content (AvgIpc) is 3.17. The molecule has 3 aromatic carbocycles. The number of benzene rings is 3. The van der Waals surface area contributed by atoms with E-state index >= 15 is 0 Å². The topological polar surface area (TPSA) is 58.2 Å². The summed E-state index contributed by atoms with van der Waals surface area (Å²) in [6, 6.07) is 26.3. The Labute approximate surface area is 171 Å². The number of hydrogen-bond acceptors (Lipinski definition) is 2. The molecule has 0 fully saturated rings. The van der Waals surface area contributed by atoms with Gasteiger partial charge in [0.1, 0.15) is 6.04 Å². The molecule has 29 heavy (non-hydrogen) atoms. The normalized spacial score (nSPS) is 15.9. The molecule has 4 rings (SSSR count). The van der Waals surface area contributed by atoms with Crippen molar-refractivity contribution in [1.82, 2.24) is 10.6 Å². The highest BCUT2D eigenvalue weighted by Crippen LogP contribution is 2.30. The first-order chi connectivity index (χ1) is 14.2. The van der Waals surface area contributed by atoms with Crippen molar-refractivity contribution in [1.29, 1.82) is 0 Å². The van der Waals surface area contributed by atoms with Gasteiger partial charge in [-0.25, -0.2) is 0 Å². The van der Waals surface area contributed by atoms with Crippen LogP contribution in [0, 0.1) is 0 Å². The standard InChI is InChI=1S/C25H24N2O2/c28-24(20-12-5-2-6-13-20)27-23(17-18-9-3-1-4-10-18)25(29)26-22-16-15-19-11-7-8-14-21(19)22/h1-14,22-23H,15-17H2,(H,26,29)(H,27,28)/t22-,23+/m1/s1. The van der Waals surface area contributed by atoms with Gasteiger partial charge in [0, 0.05) is 12.0 Å². The zero-order valence-corrected chi connectivity index (χ0v) is 16.2. The van der Waals surface area contributed by atoms with Crippen molar-refractivity contribution < 1.29 is 9.59 Å². The van der Waals surface area contributed by atoms with Gasteiger partial charge in [-0.15, -0.1) is 0 Å². The second-order valence-corrected chi connectivity index (χ2v) is 7.38. The molecule has 4 nitrogen and oxygen atoms in total. The van der Waals surface area contributed by atoms with Crippen LogP contribution in [0.2, 0.25) is 0 Å². The van der Waals surface area contributed by atoms with Crippen molar-refractivity contribution in [3.8, 4) is 0 Å². The number of nitrogens with one attached hydrogen (secondary N) is 2. The minimum absolute atomic E-state index is 0.00870.